The van der Waals surface area contributed by atoms with Gasteiger partial charge in [-0.1, -0.05) is 13.8 Å². The van der Waals surface area contributed by atoms with Crippen LogP contribution in [-0.2, 0) is 14.3 Å². The van der Waals surface area contributed by atoms with E-state index >= 15 is 0 Å². The fraction of sp³-hybridized carbons (Fsp3) is 0.875. The van der Waals surface area contributed by atoms with Crippen molar-refractivity contribution in [1.82, 2.24) is 5.32 Å². The molecule has 0 heterocycles. The van der Waals surface area contributed by atoms with E-state index in [9.17, 15) is 9.59 Å². The zero-order valence-electron chi connectivity index (χ0n) is 14.1. The molecule has 0 aliphatic heterocycles. The van der Waals surface area contributed by atoms with Gasteiger partial charge in [-0.25, -0.2) is 0 Å². The summed E-state index contributed by atoms with van der Waals surface area (Å²) in [5.74, 6) is 2.43. The van der Waals surface area contributed by atoms with Crippen molar-refractivity contribution in [1.29, 1.82) is 0 Å². The van der Waals surface area contributed by atoms with Crippen LogP contribution in [0.25, 0.3) is 0 Å². The number of methoxy groups -OCH3 is 1. The summed E-state index contributed by atoms with van der Waals surface area (Å²) in [5.41, 5.74) is 0. The first-order valence-corrected chi connectivity index (χ1v) is 8.84. The van der Waals surface area contributed by atoms with E-state index in [1.165, 1.54) is 0 Å². The molecule has 0 radical (unpaired) electrons. The maximum absolute atomic E-state index is 12.3. The smallest absolute Gasteiger partial charge is 0.150 e. The first kappa shape index (κ1) is 20.6. The summed E-state index contributed by atoms with van der Waals surface area (Å²) in [7, 11) is 3.50. The largest absolute Gasteiger partial charge is 0.384 e. The highest BCUT2D eigenvalue weighted by Gasteiger charge is 2.24. The predicted molar refractivity (Wildman–Crippen MR) is 89.9 cm³/mol. The van der Waals surface area contributed by atoms with Crippen LogP contribution in [-0.4, -0.2) is 49.9 Å². The third-order valence-electron chi connectivity index (χ3n) is 3.51. The summed E-state index contributed by atoms with van der Waals surface area (Å²) in [4.78, 5) is 24.0. The molecule has 21 heavy (non-hydrogen) atoms. The molecule has 5 heteroatoms. The van der Waals surface area contributed by atoms with Gasteiger partial charge in [0, 0.05) is 25.2 Å². The molecule has 2 atom stereocenters. The van der Waals surface area contributed by atoms with Gasteiger partial charge < -0.3 is 10.1 Å². The van der Waals surface area contributed by atoms with Gasteiger partial charge >= 0.3 is 0 Å². The summed E-state index contributed by atoms with van der Waals surface area (Å²) in [5, 5.41) is 3.08. The van der Waals surface area contributed by atoms with Crippen LogP contribution in [0.2, 0.25) is 0 Å². The first-order chi connectivity index (χ1) is 9.92. The van der Waals surface area contributed by atoms with E-state index in [4.69, 9.17) is 4.74 Å². The maximum atomic E-state index is 12.3. The quantitative estimate of drug-likeness (QED) is 0.529. The number of ketones is 2. The number of likely N-dealkylation sites (N-methyl/N-ethyl adjacent to an activating group) is 1. The van der Waals surface area contributed by atoms with Crippen molar-refractivity contribution >= 4 is 23.3 Å². The Hall–Kier alpha value is -0.390. The second-order valence-electron chi connectivity index (χ2n) is 5.84. The Morgan fingerprint density at radius 2 is 1.90 bits per heavy atom. The van der Waals surface area contributed by atoms with E-state index in [1.54, 1.807) is 25.8 Å². The topological polar surface area (TPSA) is 55.4 Å². The van der Waals surface area contributed by atoms with Crippen LogP contribution in [0.15, 0.2) is 0 Å². The molecule has 0 saturated carbocycles. The number of hydrogen-bond donors (Lipinski definition) is 1. The molecule has 0 aromatic heterocycles. The molecule has 0 saturated heterocycles. The number of carbonyl (C=O) groups is 2. The van der Waals surface area contributed by atoms with E-state index in [1.807, 2.05) is 7.05 Å². The van der Waals surface area contributed by atoms with Gasteiger partial charge in [-0.15, -0.1) is 0 Å². The lowest BCUT2D eigenvalue weighted by atomic mass is 9.90. The summed E-state index contributed by atoms with van der Waals surface area (Å²) in [6.45, 7) is 6.53. The molecule has 0 bridgehead atoms. The minimum Gasteiger partial charge on any atom is -0.384 e. The summed E-state index contributed by atoms with van der Waals surface area (Å²) in [6, 6.07) is -0.131. The van der Waals surface area contributed by atoms with Crippen LogP contribution < -0.4 is 5.32 Å². The van der Waals surface area contributed by atoms with Crippen LogP contribution in [0.4, 0.5) is 0 Å². The van der Waals surface area contributed by atoms with Crippen molar-refractivity contribution in [3.63, 3.8) is 0 Å². The summed E-state index contributed by atoms with van der Waals surface area (Å²) < 4.78 is 4.99. The Morgan fingerprint density at radius 3 is 2.38 bits per heavy atom. The molecule has 0 aromatic carbocycles. The SMILES string of the molecule is CN[C@@H](CC(C)C)C(=O)CC(CCSCCOC)C(C)=O. The predicted octanol–water partition coefficient (Wildman–Crippen LogP) is 2.55. The van der Waals surface area contributed by atoms with E-state index in [0.29, 0.717) is 12.3 Å². The lowest BCUT2D eigenvalue weighted by Crippen LogP contribution is -2.37. The number of Topliss-reactive ketones (excluding diaryl/α,β-unsaturated/α-hetero) is 2. The monoisotopic (exact) mass is 317 g/mol. The number of carbonyl (C=O) groups excluding carboxylic acids is 2. The number of thioether (sulfide) groups is 1. The van der Waals surface area contributed by atoms with Gasteiger partial charge in [0.15, 0.2) is 0 Å². The van der Waals surface area contributed by atoms with Crippen molar-refractivity contribution in [3.8, 4) is 0 Å². The molecule has 0 spiro atoms. The molecule has 0 aliphatic carbocycles. The highest BCUT2D eigenvalue weighted by Crippen LogP contribution is 2.17. The van der Waals surface area contributed by atoms with Crippen LogP contribution in [0.1, 0.15) is 40.0 Å². The highest BCUT2D eigenvalue weighted by molar-refractivity contribution is 7.99. The van der Waals surface area contributed by atoms with Crippen molar-refractivity contribution < 1.29 is 14.3 Å². The van der Waals surface area contributed by atoms with Crippen LogP contribution in [0.5, 0.6) is 0 Å². The van der Waals surface area contributed by atoms with Gasteiger partial charge in [-0.05, 0) is 38.5 Å². The Morgan fingerprint density at radius 1 is 1.24 bits per heavy atom. The molecule has 0 aromatic rings. The molecule has 0 aliphatic rings. The highest BCUT2D eigenvalue weighted by atomic mass is 32.2. The zero-order valence-corrected chi connectivity index (χ0v) is 14.9. The molecule has 1 unspecified atom stereocenters. The fourth-order valence-corrected chi connectivity index (χ4v) is 3.13. The Balaban J connectivity index is 4.28. The van der Waals surface area contributed by atoms with Gasteiger partial charge in [0.25, 0.3) is 0 Å². The average molecular weight is 317 g/mol. The standard InChI is InChI=1S/C16H31NO3S/c1-12(2)10-15(17-4)16(19)11-14(13(3)18)6-8-21-9-7-20-5/h12,14-15,17H,6-11H2,1-5H3/t14?,15-/m0/s1. The van der Waals surface area contributed by atoms with Gasteiger partial charge in [-0.2, -0.15) is 11.8 Å². The van der Waals surface area contributed by atoms with E-state index in [0.717, 1.165) is 31.0 Å². The zero-order chi connectivity index (χ0) is 16.3. The van der Waals surface area contributed by atoms with Crippen LogP contribution in [0, 0.1) is 11.8 Å². The molecule has 0 fully saturated rings. The summed E-state index contributed by atoms with van der Waals surface area (Å²) >= 11 is 1.77. The Bertz CT molecular complexity index is 308. The van der Waals surface area contributed by atoms with Crippen molar-refractivity contribution in [3.05, 3.63) is 0 Å². The third-order valence-corrected chi connectivity index (χ3v) is 4.49. The van der Waals surface area contributed by atoms with E-state index in [2.05, 4.69) is 19.2 Å². The molecule has 1 N–H and O–H groups in total. The van der Waals surface area contributed by atoms with Gasteiger partial charge in [-0.3, -0.25) is 9.59 Å². The number of nitrogens with one attached hydrogen (secondary N) is 1. The molecular weight excluding hydrogens is 286 g/mol. The Labute approximate surface area is 133 Å². The first-order valence-electron chi connectivity index (χ1n) is 7.69. The molecule has 4 nitrogen and oxygen atoms in total. The number of hydrogen-bond acceptors (Lipinski definition) is 5. The second-order valence-corrected chi connectivity index (χ2v) is 7.07. The summed E-state index contributed by atoms with van der Waals surface area (Å²) in [6.07, 6.45) is 1.95. The molecular formula is C16H31NO3S. The lowest BCUT2D eigenvalue weighted by molar-refractivity contribution is -0.128. The Kier molecular flexibility index (Phi) is 12.0. The molecule has 124 valence electrons. The number of rotatable bonds is 13. The van der Waals surface area contributed by atoms with Crippen LogP contribution in [0.3, 0.4) is 0 Å². The van der Waals surface area contributed by atoms with Crippen molar-refractivity contribution in [2.45, 2.75) is 46.1 Å². The molecule has 0 rings (SSSR count). The lowest BCUT2D eigenvalue weighted by Gasteiger charge is -2.20. The molecule has 0 amide bonds. The van der Waals surface area contributed by atoms with E-state index < -0.39 is 0 Å². The van der Waals surface area contributed by atoms with Crippen molar-refractivity contribution in [2.75, 3.05) is 32.3 Å². The van der Waals surface area contributed by atoms with Gasteiger partial charge in [0.1, 0.15) is 11.6 Å². The van der Waals surface area contributed by atoms with E-state index in [-0.39, 0.29) is 23.5 Å². The number of ether oxygens (including phenoxy) is 1. The minimum atomic E-state index is -0.143. The van der Waals surface area contributed by atoms with Crippen molar-refractivity contribution in [2.24, 2.45) is 11.8 Å². The average Bonchev–Trinajstić information content (AvgIpc) is 2.42. The third kappa shape index (κ3) is 10.0. The maximum Gasteiger partial charge on any atom is 0.150 e. The fourth-order valence-electron chi connectivity index (χ4n) is 2.19. The normalized spacial score (nSPS) is 14.2. The second kappa shape index (κ2) is 12.2. The minimum absolute atomic E-state index is 0.120. The van der Waals surface area contributed by atoms with Gasteiger partial charge in [0.2, 0.25) is 0 Å². The van der Waals surface area contributed by atoms with Gasteiger partial charge in [0.05, 0.1) is 12.6 Å². The van der Waals surface area contributed by atoms with Crippen LogP contribution >= 0.6 is 11.8 Å².